The topological polar surface area (TPSA) is 119 Å². The number of aliphatic hydroxyl groups is 2. The smallest absolute Gasteiger partial charge is 0.167 e. The van der Waals surface area contributed by atoms with Gasteiger partial charge in [0.15, 0.2) is 17.7 Å². The number of nitrogen functional groups attached to an aromatic ring is 1. The van der Waals surface area contributed by atoms with Crippen LogP contribution in [0.5, 0.6) is 0 Å². The van der Waals surface area contributed by atoms with Crippen LogP contribution < -0.4 is 5.73 Å². The van der Waals surface area contributed by atoms with Gasteiger partial charge in [-0.1, -0.05) is 18.2 Å². The molecule has 0 spiro atoms. The Balaban J connectivity index is 1.50. The van der Waals surface area contributed by atoms with E-state index in [2.05, 4.69) is 27.1 Å². The summed E-state index contributed by atoms with van der Waals surface area (Å²) in [7, 11) is 0. The minimum absolute atomic E-state index is 0.155. The Morgan fingerprint density at radius 3 is 2.78 bits per heavy atom. The Kier molecular flexibility index (Phi) is 5.26. The van der Waals surface area contributed by atoms with Crippen molar-refractivity contribution in [2.45, 2.75) is 29.8 Å². The van der Waals surface area contributed by atoms with E-state index in [1.807, 2.05) is 18.2 Å². The number of hydrogen-bond acceptors (Lipinski definition) is 8. The Hall–Kier alpha value is -2.20. The third-order valence-corrected chi connectivity index (χ3v) is 5.87. The molecule has 0 radical (unpaired) electrons. The molecule has 1 aliphatic rings. The Morgan fingerprint density at radius 2 is 2.00 bits per heavy atom. The van der Waals surface area contributed by atoms with E-state index in [1.165, 1.54) is 11.2 Å². The monoisotopic (exact) mass is 387 g/mol. The number of hydrogen-bond donors (Lipinski definition) is 3. The van der Waals surface area contributed by atoms with E-state index < -0.39 is 18.4 Å². The van der Waals surface area contributed by atoms with Crippen molar-refractivity contribution in [1.29, 1.82) is 0 Å². The van der Waals surface area contributed by atoms with Crippen molar-refractivity contribution in [3.8, 4) is 0 Å². The number of ether oxygens (including phenoxy) is 1. The number of nitrogens with zero attached hydrogens (tertiary/aromatic N) is 4. The predicted molar refractivity (Wildman–Crippen MR) is 102 cm³/mol. The highest BCUT2D eigenvalue weighted by Gasteiger charge is 2.44. The lowest BCUT2D eigenvalue weighted by molar-refractivity contribution is -0.0493. The van der Waals surface area contributed by atoms with Gasteiger partial charge < -0.3 is 20.7 Å². The lowest BCUT2D eigenvalue weighted by Crippen LogP contribution is -2.28. The average Bonchev–Trinajstić information content (AvgIpc) is 3.25. The lowest BCUT2D eigenvalue weighted by atomic mass is 9.95. The molecule has 2 aromatic heterocycles. The van der Waals surface area contributed by atoms with Crippen LogP contribution in [0.25, 0.3) is 11.2 Å². The van der Waals surface area contributed by atoms with E-state index in [0.29, 0.717) is 17.6 Å². The summed E-state index contributed by atoms with van der Waals surface area (Å²) >= 11 is 1.72. The molecule has 0 unspecified atom stereocenters. The van der Waals surface area contributed by atoms with Crippen molar-refractivity contribution in [2.75, 3.05) is 18.1 Å². The Labute approximate surface area is 160 Å². The number of imidazole rings is 1. The van der Waals surface area contributed by atoms with Gasteiger partial charge in [0.25, 0.3) is 0 Å². The quantitative estimate of drug-likeness (QED) is 0.544. The van der Waals surface area contributed by atoms with Crippen LogP contribution in [0.1, 0.15) is 12.6 Å². The molecular formula is C18H21N5O3S. The van der Waals surface area contributed by atoms with E-state index in [0.717, 1.165) is 5.75 Å². The summed E-state index contributed by atoms with van der Waals surface area (Å²) in [6, 6.07) is 10.1. The molecule has 27 heavy (non-hydrogen) atoms. The number of benzene rings is 1. The van der Waals surface area contributed by atoms with Crippen molar-refractivity contribution in [3.05, 3.63) is 43.0 Å². The first-order valence-electron chi connectivity index (χ1n) is 8.74. The number of nitrogens with two attached hydrogens (primary N) is 1. The summed E-state index contributed by atoms with van der Waals surface area (Å²) in [6.45, 7) is -0.155. The van der Waals surface area contributed by atoms with Crippen LogP contribution in [0, 0.1) is 5.92 Å². The molecule has 1 aromatic carbocycles. The SMILES string of the molecule is Nc1ncnc2c1ncn2[C@@H]1O[C@H](CO)[C@H](CCSc2ccccc2)[C@H]1O. The van der Waals surface area contributed by atoms with Crippen LogP contribution in [-0.4, -0.2) is 54.3 Å². The molecule has 4 atom stereocenters. The van der Waals surface area contributed by atoms with E-state index in [-0.39, 0.29) is 18.3 Å². The highest BCUT2D eigenvalue weighted by atomic mass is 32.2. The fourth-order valence-corrected chi connectivity index (χ4v) is 4.42. The summed E-state index contributed by atoms with van der Waals surface area (Å²) in [4.78, 5) is 13.5. The molecule has 1 aliphatic heterocycles. The van der Waals surface area contributed by atoms with Gasteiger partial charge in [-0.2, -0.15) is 0 Å². The van der Waals surface area contributed by atoms with Crippen LogP contribution in [0.15, 0.2) is 47.9 Å². The maximum atomic E-state index is 10.9. The molecular weight excluding hydrogens is 366 g/mol. The second-order valence-electron chi connectivity index (χ2n) is 6.44. The second kappa shape index (κ2) is 7.81. The summed E-state index contributed by atoms with van der Waals surface area (Å²) in [5.74, 6) is 0.909. The number of aliphatic hydroxyl groups excluding tert-OH is 2. The summed E-state index contributed by atoms with van der Waals surface area (Å²) in [5.41, 5.74) is 6.80. The molecule has 0 bridgehead atoms. The molecule has 142 valence electrons. The van der Waals surface area contributed by atoms with Gasteiger partial charge in [0.1, 0.15) is 17.9 Å². The molecule has 3 heterocycles. The van der Waals surface area contributed by atoms with Crippen molar-refractivity contribution >= 4 is 28.7 Å². The molecule has 3 aromatic rings. The largest absolute Gasteiger partial charge is 0.394 e. The molecule has 4 N–H and O–H groups in total. The Bertz CT molecular complexity index is 906. The first kappa shape index (κ1) is 18.2. The Morgan fingerprint density at radius 1 is 1.19 bits per heavy atom. The van der Waals surface area contributed by atoms with E-state index >= 15 is 0 Å². The van der Waals surface area contributed by atoms with Crippen LogP contribution in [-0.2, 0) is 4.74 Å². The van der Waals surface area contributed by atoms with Crippen molar-refractivity contribution < 1.29 is 14.9 Å². The number of thioether (sulfide) groups is 1. The molecule has 8 nitrogen and oxygen atoms in total. The zero-order chi connectivity index (χ0) is 18.8. The third kappa shape index (κ3) is 3.51. The zero-order valence-electron chi connectivity index (χ0n) is 14.5. The van der Waals surface area contributed by atoms with E-state index in [4.69, 9.17) is 10.5 Å². The number of aromatic nitrogens is 4. The highest BCUT2D eigenvalue weighted by molar-refractivity contribution is 7.99. The van der Waals surface area contributed by atoms with Gasteiger partial charge in [0.2, 0.25) is 0 Å². The van der Waals surface area contributed by atoms with Crippen molar-refractivity contribution in [2.24, 2.45) is 5.92 Å². The van der Waals surface area contributed by atoms with Crippen LogP contribution in [0.2, 0.25) is 0 Å². The molecule has 0 aliphatic carbocycles. The van der Waals surface area contributed by atoms with Gasteiger partial charge in [-0.25, -0.2) is 15.0 Å². The summed E-state index contributed by atoms with van der Waals surface area (Å²) in [5, 5.41) is 20.6. The first-order chi connectivity index (χ1) is 13.2. The van der Waals surface area contributed by atoms with Gasteiger partial charge >= 0.3 is 0 Å². The maximum Gasteiger partial charge on any atom is 0.167 e. The van der Waals surface area contributed by atoms with Gasteiger partial charge in [-0.15, -0.1) is 11.8 Å². The second-order valence-corrected chi connectivity index (χ2v) is 7.60. The molecule has 0 saturated carbocycles. The van der Waals surface area contributed by atoms with E-state index in [1.54, 1.807) is 22.7 Å². The minimum atomic E-state index is -0.785. The fraction of sp³-hybridized carbons (Fsp3) is 0.389. The van der Waals surface area contributed by atoms with Crippen LogP contribution in [0.4, 0.5) is 5.82 Å². The predicted octanol–water partition coefficient (Wildman–Crippen LogP) is 1.46. The summed E-state index contributed by atoms with van der Waals surface area (Å²) in [6.07, 6.45) is 1.71. The van der Waals surface area contributed by atoms with Crippen LogP contribution >= 0.6 is 11.8 Å². The average molecular weight is 387 g/mol. The first-order valence-corrected chi connectivity index (χ1v) is 9.73. The van der Waals surface area contributed by atoms with Crippen molar-refractivity contribution in [3.63, 3.8) is 0 Å². The van der Waals surface area contributed by atoms with Gasteiger partial charge in [-0.05, 0) is 24.3 Å². The molecule has 4 rings (SSSR count). The van der Waals surface area contributed by atoms with Gasteiger partial charge in [0.05, 0.1) is 19.0 Å². The molecule has 9 heteroatoms. The third-order valence-electron chi connectivity index (χ3n) is 4.83. The summed E-state index contributed by atoms with van der Waals surface area (Å²) < 4.78 is 7.60. The number of anilines is 1. The molecule has 1 fully saturated rings. The number of fused-ring (bicyclic) bond motifs is 1. The highest BCUT2D eigenvalue weighted by Crippen LogP contribution is 2.38. The fourth-order valence-electron chi connectivity index (χ4n) is 3.44. The van der Waals surface area contributed by atoms with Crippen LogP contribution in [0.3, 0.4) is 0 Å². The van der Waals surface area contributed by atoms with E-state index in [9.17, 15) is 10.2 Å². The molecule has 1 saturated heterocycles. The lowest BCUT2D eigenvalue weighted by Gasteiger charge is -2.19. The standard InChI is InChI=1S/C18H21N5O3S/c19-16-14-17(21-9-20-16)23(10-22-14)18-15(25)12(13(8-24)26-18)6-7-27-11-4-2-1-3-5-11/h1-5,9-10,12-13,15,18,24-25H,6-8H2,(H2,19,20,21)/t12-,13+,15+,18+/m0/s1. The van der Waals surface area contributed by atoms with Crippen molar-refractivity contribution in [1.82, 2.24) is 19.5 Å². The number of rotatable bonds is 6. The minimum Gasteiger partial charge on any atom is -0.394 e. The van der Waals surface area contributed by atoms with Gasteiger partial charge in [-0.3, -0.25) is 4.57 Å². The maximum absolute atomic E-state index is 10.9. The normalized spacial score (nSPS) is 25.3. The molecule has 0 amide bonds. The van der Waals surface area contributed by atoms with Gasteiger partial charge in [0, 0.05) is 10.8 Å². The zero-order valence-corrected chi connectivity index (χ0v) is 15.4.